The smallest absolute Gasteiger partial charge is 0.322 e. The molecule has 2 aromatic rings. The summed E-state index contributed by atoms with van der Waals surface area (Å²) < 4.78 is 5.32. The van der Waals surface area contributed by atoms with Crippen molar-refractivity contribution in [2.24, 2.45) is 0 Å². The van der Waals surface area contributed by atoms with Gasteiger partial charge in [-0.3, -0.25) is 15.2 Å². The minimum Gasteiger partial charge on any atom is -0.408 e. The second-order valence-electron chi connectivity index (χ2n) is 6.15. The summed E-state index contributed by atoms with van der Waals surface area (Å²) in [7, 11) is 0. The number of nitrogens with one attached hydrogen (secondary N) is 2. The zero-order valence-corrected chi connectivity index (χ0v) is 14.1. The predicted octanol–water partition coefficient (Wildman–Crippen LogP) is 2.34. The summed E-state index contributed by atoms with van der Waals surface area (Å²) in [6.07, 6.45) is 0. The lowest BCUT2D eigenvalue weighted by Crippen LogP contribution is -2.14. The Bertz CT molecular complexity index is 643. The number of anilines is 1. The van der Waals surface area contributed by atoms with Gasteiger partial charge in [0.25, 0.3) is 0 Å². The molecule has 8 nitrogen and oxygen atoms in total. The Morgan fingerprint density at radius 3 is 2.64 bits per heavy atom. The summed E-state index contributed by atoms with van der Waals surface area (Å²) in [6, 6.07) is 0.111. The van der Waals surface area contributed by atoms with E-state index in [9.17, 15) is 4.79 Å². The van der Waals surface area contributed by atoms with Gasteiger partial charge in [0.2, 0.25) is 17.0 Å². The fourth-order valence-corrected chi connectivity index (χ4v) is 2.05. The van der Waals surface area contributed by atoms with Crippen LogP contribution in [0.15, 0.2) is 9.57 Å². The highest BCUT2D eigenvalue weighted by Crippen LogP contribution is 2.21. The minimum atomic E-state index is -0.244. The first-order chi connectivity index (χ1) is 10.3. The third-order valence-corrected chi connectivity index (χ3v) is 3.54. The van der Waals surface area contributed by atoms with Crippen molar-refractivity contribution in [3.63, 3.8) is 0 Å². The topological polar surface area (TPSA) is 110 Å². The van der Waals surface area contributed by atoms with Crippen molar-refractivity contribution in [2.75, 3.05) is 11.1 Å². The molecule has 0 unspecified atom stereocenters. The first-order valence-electron chi connectivity index (χ1n) is 6.94. The van der Waals surface area contributed by atoms with Crippen LogP contribution in [0.25, 0.3) is 0 Å². The van der Waals surface area contributed by atoms with E-state index in [1.54, 1.807) is 0 Å². The first-order valence-corrected chi connectivity index (χ1v) is 7.93. The third-order valence-electron chi connectivity index (χ3n) is 2.69. The Morgan fingerprint density at radius 2 is 2.09 bits per heavy atom. The minimum absolute atomic E-state index is 0.106. The summed E-state index contributed by atoms with van der Waals surface area (Å²) in [6.45, 7) is 9.99. The van der Waals surface area contributed by atoms with Crippen molar-refractivity contribution in [1.29, 1.82) is 0 Å². The number of rotatable bonds is 5. The average Bonchev–Trinajstić information content (AvgIpc) is 3.04. The van der Waals surface area contributed by atoms with Crippen molar-refractivity contribution >= 4 is 23.7 Å². The van der Waals surface area contributed by atoms with E-state index in [2.05, 4.69) is 30.7 Å². The van der Waals surface area contributed by atoms with Crippen LogP contribution in [0.1, 0.15) is 52.3 Å². The zero-order chi connectivity index (χ0) is 16.3. The molecule has 0 aromatic carbocycles. The van der Waals surface area contributed by atoms with Gasteiger partial charge in [-0.25, -0.2) is 4.98 Å². The van der Waals surface area contributed by atoms with Crippen molar-refractivity contribution in [1.82, 2.24) is 25.4 Å². The van der Waals surface area contributed by atoms with Crippen LogP contribution in [0.5, 0.6) is 0 Å². The van der Waals surface area contributed by atoms with Crippen LogP contribution in [-0.4, -0.2) is 37.0 Å². The maximum atomic E-state index is 11.8. The summed E-state index contributed by atoms with van der Waals surface area (Å²) in [5.41, 5.74) is -0.106. The molecule has 2 N–H and O–H groups in total. The molecule has 2 heterocycles. The molecule has 0 atom stereocenters. The van der Waals surface area contributed by atoms with Crippen molar-refractivity contribution in [2.45, 2.75) is 51.1 Å². The Labute approximate surface area is 132 Å². The quantitative estimate of drug-likeness (QED) is 0.812. The van der Waals surface area contributed by atoms with E-state index in [0.717, 1.165) is 5.82 Å². The van der Waals surface area contributed by atoms with Crippen LogP contribution < -0.4 is 5.32 Å². The second kappa shape index (κ2) is 6.47. The average molecular weight is 324 g/mol. The largest absolute Gasteiger partial charge is 0.408 e. The van der Waals surface area contributed by atoms with Gasteiger partial charge in [0.05, 0.1) is 5.75 Å². The number of carbonyl (C=O) groups is 1. The molecular formula is C13H20N6O2S. The predicted molar refractivity (Wildman–Crippen MR) is 82.8 cm³/mol. The molecule has 0 aliphatic heterocycles. The van der Waals surface area contributed by atoms with E-state index in [-0.39, 0.29) is 29.0 Å². The molecule has 0 saturated carbocycles. The molecule has 22 heavy (non-hydrogen) atoms. The van der Waals surface area contributed by atoms with Gasteiger partial charge in [0, 0.05) is 11.3 Å². The van der Waals surface area contributed by atoms with E-state index >= 15 is 0 Å². The van der Waals surface area contributed by atoms with Crippen LogP contribution in [0.3, 0.4) is 0 Å². The fourth-order valence-electron chi connectivity index (χ4n) is 1.45. The highest BCUT2D eigenvalue weighted by atomic mass is 32.2. The van der Waals surface area contributed by atoms with Crippen LogP contribution in [0.2, 0.25) is 0 Å². The van der Waals surface area contributed by atoms with Crippen LogP contribution in [0.4, 0.5) is 6.01 Å². The van der Waals surface area contributed by atoms with Crippen molar-refractivity contribution < 1.29 is 9.21 Å². The van der Waals surface area contributed by atoms with Gasteiger partial charge in [-0.15, -0.1) is 10.2 Å². The van der Waals surface area contributed by atoms with Gasteiger partial charge < -0.3 is 4.42 Å². The number of thioether (sulfide) groups is 1. The van der Waals surface area contributed by atoms with Gasteiger partial charge in [-0.05, 0) is 0 Å². The van der Waals surface area contributed by atoms with E-state index < -0.39 is 0 Å². The maximum Gasteiger partial charge on any atom is 0.322 e. The molecule has 120 valence electrons. The number of nitrogens with zero attached hydrogens (tertiary/aromatic N) is 4. The van der Waals surface area contributed by atoms with E-state index in [1.807, 2.05) is 34.6 Å². The number of hydrogen-bond donors (Lipinski definition) is 2. The number of aromatic amines is 1. The molecule has 0 aliphatic carbocycles. The van der Waals surface area contributed by atoms with E-state index in [1.165, 1.54) is 11.8 Å². The molecule has 2 aromatic heterocycles. The molecule has 0 saturated heterocycles. The molecular weight excluding hydrogens is 304 g/mol. The third kappa shape index (κ3) is 4.30. The number of carbonyl (C=O) groups excluding carboxylic acids is 1. The number of amides is 1. The highest BCUT2D eigenvalue weighted by molar-refractivity contribution is 7.99. The molecule has 0 spiro atoms. The number of H-pyrrole nitrogens is 1. The first kappa shape index (κ1) is 16.5. The molecule has 0 radical (unpaired) electrons. The summed E-state index contributed by atoms with van der Waals surface area (Å²) in [4.78, 5) is 16.2. The van der Waals surface area contributed by atoms with Crippen LogP contribution >= 0.6 is 11.8 Å². The fraction of sp³-hybridized carbons (Fsp3) is 0.615. The van der Waals surface area contributed by atoms with Crippen LogP contribution in [0, 0.1) is 0 Å². The highest BCUT2D eigenvalue weighted by Gasteiger charge is 2.19. The van der Waals surface area contributed by atoms with E-state index in [0.29, 0.717) is 11.0 Å². The Balaban J connectivity index is 1.86. The van der Waals surface area contributed by atoms with Gasteiger partial charge in [-0.1, -0.05) is 51.5 Å². The molecule has 0 bridgehead atoms. The lowest BCUT2D eigenvalue weighted by molar-refractivity contribution is -0.113. The van der Waals surface area contributed by atoms with E-state index in [4.69, 9.17) is 4.42 Å². The van der Waals surface area contributed by atoms with Crippen molar-refractivity contribution in [3.05, 3.63) is 11.7 Å². The van der Waals surface area contributed by atoms with Crippen molar-refractivity contribution in [3.8, 4) is 0 Å². The second-order valence-corrected chi connectivity index (χ2v) is 7.10. The Hall–Kier alpha value is -1.90. The summed E-state index contributed by atoms with van der Waals surface area (Å²) in [5, 5.41) is 17.7. The van der Waals surface area contributed by atoms with Gasteiger partial charge in [0.15, 0.2) is 0 Å². The zero-order valence-electron chi connectivity index (χ0n) is 13.3. The standard InChI is InChI=1S/C13H20N6O2S/c1-7(2)9-16-18-11(21-9)14-8(20)6-22-12-15-10(17-19-12)13(3,4)5/h7H,6H2,1-5H3,(H,14,18,20)(H,15,17,19). The monoisotopic (exact) mass is 324 g/mol. The normalized spacial score (nSPS) is 11.9. The maximum absolute atomic E-state index is 11.8. The van der Waals surface area contributed by atoms with Crippen LogP contribution in [-0.2, 0) is 10.2 Å². The van der Waals surface area contributed by atoms with Gasteiger partial charge in [0.1, 0.15) is 5.82 Å². The number of hydrogen-bond acceptors (Lipinski definition) is 7. The van der Waals surface area contributed by atoms with Gasteiger partial charge >= 0.3 is 6.01 Å². The Morgan fingerprint density at radius 1 is 1.36 bits per heavy atom. The Kier molecular flexibility index (Phi) is 4.84. The molecule has 1 amide bonds. The lowest BCUT2D eigenvalue weighted by Gasteiger charge is -2.12. The van der Waals surface area contributed by atoms with Gasteiger partial charge in [-0.2, -0.15) is 0 Å². The summed E-state index contributed by atoms with van der Waals surface area (Å²) >= 11 is 1.24. The summed E-state index contributed by atoms with van der Waals surface area (Å²) in [5.74, 6) is 1.32. The molecule has 2 rings (SSSR count). The molecule has 9 heteroatoms. The SMILES string of the molecule is CC(C)c1nnc(NC(=O)CSc2n[nH]c(C(C)(C)C)n2)o1. The molecule has 0 fully saturated rings. The molecule has 0 aliphatic rings. The number of aromatic nitrogens is 5. The lowest BCUT2D eigenvalue weighted by atomic mass is 9.96.